The second-order valence-electron chi connectivity index (χ2n) is 4.91. The maximum atomic E-state index is 5.40. The van der Waals surface area contributed by atoms with Crippen molar-refractivity contribution in [1.82, 2.24) is 15.2 Å². The summed E-state index contributed by atoms with van der Waals surface area (Å²) in [6.45, 7) is 3.47. The third kappa shape index (κ3) is 5.65. The predicted octanol–water partition coefficient (Wildman–Crippen LogP) is 3.29. The molecule has 0 aliphatic rings. The fourth-order valence-corrected chi connectivity index (χ4v) is 2.94. The molecule has 0 radical (unpaired) electrons. The van der Waals surface area contributed by atoms with E-state index in [-0.39, 0.29) is 24.0 Å². The molecule has 126 valence electrons. The molecule has 1 heterocycles. The van der Waals surface area contributed by atoms with Crippen molar-refractivity contribution in [2.45, 2.75) is 20.0 Å². The summed E-state index contributed by atoms with van der Waals surface area (Å²) in [5.74, 6) is 1.74. The first-order chi connectivity index (χ1) is 10.6. The molecule has 1 aromatic carbocycles. The average Bonchev–Trinajstić information content (AvgIpc) is 2.94. The molecule has 5 nitrogen and oxygen atoms in total. The lowest BCUT2D eigenvalue weighted by Gasteiger charge is -2.22. The lowest BCUT2D eigenvalue weighted by atomic mass is 10.2. The number of nitrogens with zero attached hydrogens (tertiary/aromatic N) is 3. The highest BCUT2D eigenvalue weighted by molar-refractivity contribution is 14.0. The van der Waals surface area contributed by atoms with Gasteiger partial charge in [-0.3, -0.25) is 4.99 Å². The number of thiazole rings is 1. The summed E-state index contributed by atoms with van der Waals surface area (Å²) in [6, 6.07) is 8.03. The summed E-state index contributed by atoms with van der Waals surface area (Å²) in [5.41, 5.74) is 1.13. The van der Waals surface area contributed by atoms with Crippen LogP contribution in [0, 0.1) is 6.92 Å². The molecule has 0 amide bonds. The van der Waals surface area contributed by atoms with Crippen molar-refractivity contribution in [2.24, 2.45) is 4.99 Å². The maximum absolute atomic E-state index is 5.40. The SMILES string of the molecule is CN=C(NCc1cnc(C)s1)N(C)Cc1ccccc1OC.I. The molecule has 0 fully saturated rings. The number of halogens is 1. The Balaban J connectivity index is 0.00000264. The third-order valence-corrected chi connectivity index (χ3v) is 4.18. The summed E-state index contributed by atoms with van der Waals surface area (Å²) >= 11 is 1.69. The number of rotatable bonds is 5. The summed E-state index contributed by atoms with van der Waals surface area (Å²) in [5, 5.41) is 4.44. The highest BCUT2D eigenvalue weighted by atomic mass is 127. The van der Waals surface area contributed by atoms with Crippen LogP contribution in [0.4, 0.5) is 0 Å². The fourth-order valence-electron chi connectivity index (χ4n) is 2.20. The molecule has 1 N–H and O–H groups in total. The van der Waals surface area contributed by atoms with Crippen LogP contribution in [0.15, 0.2) is 35.5 Å². The van der Waals surface area contributed by atoms with Crippen molar-refractivity contribution < 1.29 is 4.74 Å². The zero-order valence-corrected chi connectivity index (χ0v) is 17.0. The zero-order valence-electron chi connectivity index (χ0n) is 13.9. The number of benzene rings is 1. The van der Waals surface area contributed by atoms with Crippen molar-refractivity contribution in [1.29, 1.82) is 0 Å². The standard InChI is InChI=1S/C16H22N4OS.HI/c1-12-18-9-14(22-12)10-19-16(17-2)20(3)11-13-7-5-6-8-15(13)21-4;/h5-9H,10-11H2,1-4H3,(H,17,19);1H. The minimum Gasteiger partial charge on any atom is -0.496 e. The number of hydrogen-bond acceptors (Lipinski definition) is 4. The smallest absolute Gasteiger partial charge is 0.193 e. The minimum absolute atomic E-state index is 0. The van der Waals surface area contributed by atoms with E-state index in [4.69, 9.17) is 4.74 Å². The molecule has 0 aliphatic heterocycles. The molecule has 7 heteroatoms. The van der Waals surface area contributed by atoms with Crippen molar-refractivity contribution in [3.05, 3.63) is 45.9 Å². The van der Waals surface area contributed by atoms with Gasteiger partial charge in [0.25, 0.3) is 0 Å². The monoisotopic (exact) mass is 446 g/mol. The summed E-state index contributed by atoms with van der Waals surface area (Å²) in [7, 11) is 5.50. The van der Waals surface area contributed by atoms with Crippen molar-refractivity contribution >= 4 is 41.3 Å². The van der Waals surface area contributed by atoms with Crippen LogP contribution in [0.2, 0.25) is 0 Å². The summed E-state index contributed by atoms with van der Waals surface area (Å²) in [4.78, 5) is 11.9. The average molecular weight is 446 g/mol. The number of aromatic nitrogens is 1. The normalized spacial score (nSPS) is 10.9. The number of aryl methyl sites for hydroxylation is 1. The zero-order chi connectivity index (χ0) is 15.9. The Morgan fingerprint density at radius 3 is 2.74 bits per heavy atom. The molecule has 0 saturated heterocycles. The van der Waals surface area contributed by atoms with E-state index in [9.17, 15) is 0 Å². The van der Waals surface area contributed by atoms with E-state index in [0.717, 1.165) is 35.4 Å². The lowest BCUT2D eigenvalue weighted by Crippen LogP contribution is -2.37. The van der Waals surface area contributed by atoms with Gasteiger partial charge in [0.2, 0.25) is 0 Å². The maximum Gasteiger partial charge on any atom is 0.193 e. The molecule has 0 unspecified atom stereocenters. The van der Waals surface area contributed by atoms with E-state index >= 15 is 0 Å². The van der Waals surface area contributed by atoms with Gasteiger partial charge in [0.15, 0.2) is 5.96 Å². The number of methoxy groups -OCH3 is 1. The largest absolute Gasteiger partial charge is 0.496 e. The first-order valence-electron chi connectivity index (χ1n) is 7.09. The first kappa shape index (κ1) is 19.7. The van der Waals surface area contributed by atoms with Crippen LogP contribution >= 0.6 is 35.3 Å². The van der Waals surface area contributed by atoms with Gasteiger partial charge in [-0.25, -0.2) is 4.98 Å². The minimum atomic E-state index is 0. The van der Waals surface area contributed by atoms with E-state index in [1.54, 1.807) is 25.5 Å². The van der Waals surface area contributed by atoms with Crippen molar-refractivity contribution in [3.8, 4) is 5.75 Å². The van der Waals surface area contributed by atoms with Gasteiger partial charge in [-0.15, -0.1) is 35.3 Å². The quantitative estimate of drug-likeness (QED) is 0.435. The number of ether oxygens (including phenoxy) is 1. The van der Waals surface area contributed by atoms with Crippen LogP contribution in [0.5, 0.6) is 5.75 Å². The predicted molar refractivity (Wildman–Crippen MR) is 107 cm³/mol. The van der Waals surface area contributed by atoms with Crippen LogP contribution in [0.1, 0.15) is 15.4 Å². The van der Waals surface area contributed by atoms with E-state index in [2.05, 4.69) is 26.3 Å². The fraction of sp³-hybridized carbons (Fsp3) is 0.375. The molecular formula is C16H23IN4OS. The molecule has 2 aromatic rings. The van der Waals surface area contributed by atoms with Gasteiger partial charge in [-0.2, -0.15) is 0 Å². The second-order valence-corrected chi connectivity index (χ2v) is 6.23. The Morgan fingerprint density at radius 1 is 1.39 bits per heavy atom. The Labute approximate surface area is 158 Å². The van der Waals surface area contributed by atoms with Crippen LogP contribution in [-0.2, 0) is 13.1 Å². The van der Waals surface area contributed by atoms with Crippen LogP contribution in [-0.4, -0.2) is 37.0 Å². The molecule has 23 heavy (non-hydrogen) atoms. The molecule has 0 aliphatic carbocycles. The Hall–Kier alpha value is -1.35. The first-order valence-corrected chi connectivity index (χ1v) is 7.90. The number of nitrogens with one attached hydrogen (secondary N) is 1. The molecule has 2 rings (SSSR count). The summed E-state index contributed by atoms with van der Waals surface area (Å²) < 4.78 is 5.40. The number of aliphatic imine (C=N–C) groups is 1. The Kier molecular flexibility index (Phi) is 8.32. The number of guanidine groups is 1. The van der Waals surface area contributed by atoms with E-state index in [1.165, 1.54) is 4.88 Å². The molecule has 0 spiro atoms. The topological polar surface area (TPSA) is 49.8 Å². The molecule has 0 atom stereocenters. The van der Waals surface area contributed by atoms with Crippen LogP contribution in [0.3, 0.4) is 0 Å². The van der Waals surface area contributed by atoms with Crippen molar-refractivity contribution in [3.63, 3.8) is 0 Å². The molecule has 0 bridgehead atoms. The lowest BCUT2D eigenvalue weighted by molar-refractivity contribution is 0.396. The highest BCUT2D eigenvalue weighted by Crippen LogP contribution is 2.18. The van der Waals surface area contributed by atoms with E-state index in [0.29, 0.717) is 0 Å². The molecule has 1 aromatic heterocycles. The summed E-state index contributed by atoms with van der Waals surface area (Å²) in [6.07, 6.45) is 1.90. The van der Waals surface area contributed by atoms with E-state index in [1.807, 2.05) is 38.4 Å². The van der Waals surface area contributed by atoms with Gasteiger partial charge >= 0.3 is 0 Å². The van der Waals surface area contributed by atoms with Gasteiger partial charge < -0.3 is 15.0 Å². The Morgan fingerprint density at radius 2 is 2.13 bits per heavy atom. The van der Waals surface area contributed by atoms with Gasteiger partial charge in [0.05, 0.1) is 18.7 Å². The van der Waals surface area contributed by atoms with Gasteiger partial charge in [0.1, 0.15) is 5.75 Å². The molecular weight excluding hydrogens is 423 g/mol. The van der Waals surface area contributed by atoms with Gasteiger partial charge in [-0.05, 0) is 13.0 Å². The van der Waals surface area contributed by atoms with Crippen molar-refractivity contribution in [2.75, 3.05) is 21.2 Å². The second kappa shape index (κ2) is 9.71. The van der Waals surface area contributed by atoms with Crippen LogP contribution < -0.4 is 10.1 Å². The molecule has 0 saturated carbocycles. The third-order valence-electron chi connectivity index (χ3n) is 3.26. The van der Waals surface area contributed by atoms with E-state index < -0.39 is 0 Å². The van der Waals surface area contributed by atoms with Gasteiger partial charge in [-0.1, -0.05) is 18.2 Å². The van der Waals surface area contributed by atoms with Gasteiger partial charge in [0, 0.05) is 37.3 Å². The number of hydrogen-bond donors (Lipinski definition) is 1. The number of para-hydroxylation sites is 1. The Bertz CT molecular complexity index is 645. The highest BCUT2D eigenvalue weighted by Gasteiger charge is 2.10. The van der Waals surface area contributed by atoms with Crippen LogP contribution in [0.25, 0.3) is 0 Å².